The van der Waals surface area contributed by atoms with Crippen molar-refractivity contribution in [3.63, 3.8) is 0 Å². The molecule has 2 nitrogen and oxygen atoms in total. The molecule has 2 heteroatoms. The fourth-order valence-corrected chi connectivity index (χ4v) is 1.82. The maximum Gasteiger partial charge on any atom is 0.0681 e. The molecule has 0 fully saturated rings. The van der Waals surface area contributed by atoms with E-state index >= 15 is 0 Å². The zero-order valence-corrected chi connectivity index (χ0v) is 10.9. The lowest BCUT2D eigenvalue weighted by molar-refractivity contribution is 0.282. The van der Waals surface area contributed by atoms with E-state index < -0.39 is 0 Å². The second-order valence-electron chi connectivity index (χ2n) is 4.42. The summed E-state index contributed by atoms with van der Waals surface area (Å²) in [7, 11) is 0. The highest BCUT2D eigenvalue weighted by Crippen LogP contribution is 2.04. The van der Waals surface area contributed by atoms with Gasteiger partial charge in [0.25, 0.3) is 0 Å². The van der Waals surface area contributed by atoms with E-state index in [4.69, 9.17) is 5.11 Å². The maximum absolute atomic E-state index is 8.96. The Kier molecular flexibility index (Phi) is 5.35. The van der Waals surface area contributed by atoms with Crippen molar-refractivity contribution in [1.82, 2.24) is 5.32 Å². The molecule has 0 atom stereocenters. The highest BCUT2D eigenvalue weighted by atomic mass is 16.3. The summed E-state index contributed by atoms with van der Waals surface area (Å²) >= 11 is 0. The van der Waals surface area contributed by atoms with Crippen molar-refractivity contribution in [3.8, 4) is 0 Å². The minimum atomic E-state index is 0.105. The lowest BCUT2D eigenvalue weighted by Gasteiger charge is -2.03. The van der Waals surface area contributed by atoms with Crippen molar-refractivity contribution in [1.29, 1.82) is 0 Å². The van der Waals surface area contributed by atoms with Crippen LogP contribution in [0.4, 0.5) is 0 Å². The Morgan fingerprint density at radius 2 is 1.58 bits per heavy atom. The van der Waals surface area contributed by atoms with Crippen LogP contribution in [0.15, 0.2) is 60.7 Å². The van der Waals surface area contributed by atoms with Gasteiger partial charge in [-0.25, -0.2) is 0 Å². The Bertz CT molecular complexity index is 503. The first-order valence-electron chi connectivity index (χ1n) is 6.49. The predicted molar refractivity (Wildman–Crippen MR) is 79.5 cm³/mol. The molecular formula is C17H19NO. The van der Waals surface area contributed by atoms with Crippen LogP contribution in [0.1, 0.15) is 16.7 Å². The van der Waals surface area contributed by atoms with Gasteiger partial charge in [0.2, 0.25) is 0 Å². The van der Waals surface area contributed by atoms with Gasteiger partial charge in [-0.1, -0.05) is 66.7 Å². The first kappa shape index (κ1) is 13.5. The Balaban J connectivity index is 1.73. The van der Waals surface area contributed by atoms with E-state index in [9.17, 15) is 0 Å². The number of aliphatic hydroxyl groups excluding tert-OH is 1. The summed E-state index contributed by atoms with van der Waals surface area (Å²) in [6, 6.07) is 18.3. The summed E-state index contributed by atoms with van der Waals surface area (Å²) in [5.41, 5.74) is 3.40. The van der Waals surface area contributed by atoms with Crippen LogP contribution in [0.2, 0.25) is 0 Å². The molecule has 0 unspecified atom stereocenters. The smallest absolute Gasteiger partial charge is 0.0681 e. The molecule has 2 aromatic rings. The van der Waals surface area contributed by atoms with Crippen LogP contribution in [0.3, 0.4) is 0 Å². The normalized spacial score (nSPS) is 11.0. The van der Waals surface area contributed by atoms with E-state index in [-0.39, 0.29) is 6.61 Å². The standard InChI is InChI=1S/C17H19NO/c19-14-17-10-8-16(9-11-17)13-18-12-4-7-15-5-2-1-3-6-15/h1-11,18-19H,12-14H2/b7-4+. The van der Waals surface area contributed by atoms with Crippen molar-refractivity contribution in [2.45, 2.75) is 13.2 Å². The van der Waals surface area contributed by atoms with E-state index in [1.165, 1.54) is 11.1 Å². The Labute approximate surface area is 114 Å². The van der Waals surface area contributed by atoms with E-state index in [0.717, 1.165) is 18.7 Å². The van der Waals surface area contributed by atoms with Gasteiger partial charge in [-0.15, -0.1) is 0 Å². The second-order valence-corrected chi connectivity index (χ2v) is 4.42. The molecule has 2 rings (SSSR count). The summed E-state index contributed by atoms with van der Waals surface area (Å²) < 4.78 is 0. The van der Waals surface area contributed by atoms with E-state index in [2.05, 4.69) is 29.6 Å². The monoisotopic (exact) mass is 253 g/mol. The maximum atomic E-state index is 8.96. The molecule has 0 heterocycles. The molecule has 0 aliphatic heterocycles. The summed E-state index contributed by atoms with van der Waals surface area (Å²) in [6.07, 6.45) is 4.24. The third-order valence-corrected chi connectivity index (χ3v) is 2.91. The quantitative estimate of drug-likeness (QED) is 0.776. The molecule has 0 spiro atoms. The molecular weight excluding hydrogens is 234 g/mol. The molecule has 0 aromatic heterocycles. The summed E-state index contributed by atoms with van der Waals surface area (Å²) in [4.78, 5) is 0. The molecule has 0 radical (unpaired) electrons. The highest BCUT2D eigenvalue weighted by molar-refractivity contribution is 5.48. The minimum absolute atomic E-state index is 0.105. The zero-order valence-electron chi connectivity index (χ0n) is 10.9. The Morgan fingerprint density at radius 3 is 2.26 bits per heavy atom. The molecule has 0 aliphatic carbocycles. The molecule has 0 bridgehead atoms. The van der Waals surface area contributed by atoms with Crippen LogP contribution in [0.5, 0.6) is 0 Å². The van der Waals surface area contributed by atoms with Gasteiger partial charge in [-0.2, -0.15) is 0 Å². The van der Waals surface area contributed by atoms with E-state index in [1.54, 1.807) is 0 Å². The lowest BCUT2D eigenvalue weighted by atomic mass is 10.1. The average Bonchev–Trinajstić information content (AvgIpc) is 2.49. The Morgan fingerprint density at radius 1 is 0.895 bits per heavy atom. The minimum Gasteiger partial charge on any atom is -0.392 e. The van der Waals surface area contributed by atoms with Crippen molar-refractivity contribution >= 4 is 6.08 Å². The summed E-state index contributed by atoms with van der Waals surface area (Å²) in [5.74, 6) is 0. The van der Waals surface area contributed by atoms with Crippen LogP contribution in [-0.2, 0) is 13.2 Å². The Hall–Kier alpha value is -1.90. The SMILES string of the molecule is OCc1ccc(CNC/C=C/c2ccccc2)cc1. The van der Waals surface area contributed by atoms with Crippen LogP contribution in [0, 0.1) is 0 Å². The predicted octanol–water partition coefficient (Wildman–Crippen LogP) is 2.98. The molecule has 0 saturated heterocycles. The third kappa shape index (κ3) is 4.70. The van der Waals surface area contributed by atoms with Crippen molar-refractivity contribution in [2.75, 3.05) is 6.54 Å². The van der Waals surface area contributed by atoms with Gasteiger partial charge in [0.1, 0.15) is 0 Å². The molecule has 19 heavy (non-hydrogen) atoms. The van der Waals surface area contributed by atoms with Gasteiger partial charge >= 0.3 is 0 Å². The third-order valence-electron chi connectivity index (χ3n) is 2.91. The van der Waals surface area contributed by atoms with E-state index in [1.807, 2.05) is 42.5 Å². The van der Waals surface area contributed by atoms with Crippen molar-refractivity contribution < 1.29 is 5.11 Å². The fraction of sp³-hybridized carbons (Fsp3) is 0.176. The first-order valence-corrected chi connectivity index (χ1v) is 6.49. The summed E-state index contributed by atoms with van der Waals surface area (Å²) in [6.45, 7) is 1.79. The highest BCUT2D eigenvalue weighted by Gasteiger charge is 1.92. The topological polar surface area (TPSA) is 32.3 Å². The molecule has 2 aromatic carbocycles. The number of hydrogen-bond acceptors (Lipinski definition) is 2. The van der Waals surface area contributed by atoms with Gasteiger partial charge in [0.15, 0.2) is 0 Å². The van der Waals surface area contributed by atoms with Crippen LogP contribution >= 0.6 is 0 Å². The summed E-state index contributed by atoms with van der Waals surface area (Å²) in [5, 5.41) is 12.3. The van der Waals surface area contributed by atoms with Gasteiger partial charge in [0, 0.05) is 13.1 Å². The van der Waals surface area contributed by atoms with Gasteiger partial charge in [-0.3, -0.25) is 0 Å². The number of benzene rings is 2. The van der Waals surface area contributed by atoms with Gasteiger partial charge < -0.3 is 10.4 Å². The number of aliphatic hydroxyl groups is 1. The number of hydrogen-bond donors (Lipinski definition) is 2. The number of rotatable bonds is 6. The van der Waals surface area contributed by atoms with Crippen LogP contribution < -0.4 is 5.32 Å². The average molecular weight is 253 g/mol. The van der Waals surface area contributed by atoms with Crippen molar-refractivity contribution in [2.24, 2.45) is 0 Å². The van der Waals surface area contributed by atoms with Crippen LogP contribution in [-0.4, -0.2) is 11.7 Å². The zero-order chi connectivity index (χ0) is 13.3. The second kappa shape index (κ2) is 7.52. The van der Waals surface area contributed by atoms with Crippen LogP contribution in [0.25, 0.3) is 6.08 Å². The molecule has 98 valence electrons. The number of nitrogens with one attached hydrogen (secondary N) is 1. The van der Waals surface area contributed by atoms with Gasteiger partial charge in [-0.05, 0) is 16.7 Å². The van der Waals surface area contributed by atoms with Gasteiger partial charge in [0.05, 0.1) is 6.61 Å². The lowest BCUT2D eigenvalue weighted by Crippen LogP contribution is -2.12. The van der Waals surface area contributed by atoms with Crippen molar-refractivity contribution in [3.05, 3.63) is 77.4 Å². The molecule has 0 saturated carbocycles. The fourth-order valence-electron chi connectivity index (χ4n) is 1.82. The molecule has 0 aliphatic rings. The van der Waals surface area contributed by atoms with E-state index in [0.29, 0.717) is 0 Å². The molecule has 2 N–H and O–H groups in total. The largest absolute Gasteiger partial charge is 0.392 e. The molecule has 0 amide bonds. The first-order chi connectivity index (χ1) is 9.38.